The molecule has 0 radical (unpaired) electrons. The maximum Gasteiger partial charge on any atom is 0.308 e. The number of carbonyl (C=O) groups is 3. The van der Waals surface area contributed by atoms with Gasteiger partial charge in [0.25, 0.3) is 5.69 Å². The Hall–Kier alpha value is -4.82. The van der Waals surface area contributed by atoms with Crippen LogP contribution in [0.1, 0.15) is 16.4 Å². The van der Waals surface area contributed by atoms with Gasteiger partial charge >= 0.3 is 4.87 Å². The van der Waals surface area contributed by atoms with E-state index < -0.39 is 50.4 Å². The Morgan fingerprint density at radius 3 is 2.30 bits per heavy atom. The summed E-state index contributed by atoms with van der Waals surface area (Å²) in [6.07, 6.45) is 0. The highest BCUT2D eigenvalue weighted by molar-refractivity contribution is 8.00. The average molecular weight is 621 g/mol. The molecule has 3 heterocycles. The fourth-order valence-corrected chi connectivity index (χ4v) is 8.05. The molecule has 14 heteroatoms. The first-order valence-electron chi connectivity index (χ1n) is 12.9. The van der Waals surface area contributed by atoms with Gasteiger partial charge in [0.2, 0.25) is 17.7 Å². The zero-order valence-electron chi connectivity index (χ0n) is 22.3. The van der Waals surface area contributed by atoms with Crippen molar-refractivity contribution in [3.8, 4) is 5.75 Å². The Kier molecular flexibility index (Phi) is 7.31. The van der Waals surface area contributed by atoms with Crippen LogP contribution in [-0.2, 0) is 20.9 Å². The van der Waals surface area contributed by atoms with Crippen molar-refractivity contribution >= 4 is 57.9 Å². The van der Waals surface area contributed by atoms with Crippen molar-refractivity contribution < 1.29 is 28.4 Å². The number of anilines is 2. The molecule has 0 aliphatic carbocycles. The van der Waals surface area contributed by atoms with Gasteiger partial charge in [-0.1, -0.05) is 35.2 Å². The van der Waals surface area contributed by atoms with E-state index in [-0.39, 0.29) is 17.9 Å². The topological polar surface area (TPSA) is 141 Å². The van der Waals surface area contributed by atoms with Gasteiger partial charge in [0.15, 0.2) is 0 Å². The number of fused-ring (bicyclic) bond motifs is 2. The monoisotopic (exact) mass is 620 g/mol. The fourth-order valence-electron chi connectivity index (χ4n) is 5.28. The Morgan fingerprint density at radius 2 is 1.67 bits per heavy atom. The third kappa shape index (κ3) is 5.08. The second kappa shape index (κ2) is 11.1. The molecule has 1 fully saturated rings. The maximum atomic E-state index is 13.9. The SMILES string of the molecule is COc1ccc(C2c3sc(=O)n(CC(=O)Nc4ccc(F)cc4)c3SC3C(=O)N(c4ccc([N+](=O)[O-])cc4)C(=O)C32)cc1. The number of nitrogens with one attached hydrogen (secondary N) is 1. The van der Waals surface area contributed by atoms with Crippen molar-refractivity contribution in [3.63, 3.8) is 0 Å². The van der Waals surface area contributed by atoms with E-state index in [1.807, 2.05) is 0 Å². The molecule has 6 rings (SSSR count). The minimum Gasteiger partial charge on any atom is -0.497 e. The molecule has 1 aromatic heterocycles. The van der Waals surface area contributed by atoms with Crippen LogP contribution in [0.3, 0.4) is 0 Å². The lowest BCUT2D eigenvalue weighted by atomic mass is 9.83. The fraction of sp³-hybridized carbons (Fsp3) is 0.172. The van der Waals surface area contributed by atoms with Crippen LogP contribution in [0, 0.1) is 21.8 Å². The van der Waals surface area contributed by atoms with Crippen molar-refractivity contribution in [1.82, 2.24) is 4.57 Å². The molecule has 1 N–H and O–H groups in total. The summed E-state index contributed by atoms with van der Waals surface area (Å²) in [5.41, 5.74) is 1.04. The van der Waals surface area contributed by atoms with Gasteiger partial charge in [0.1, 0.15) is 23.4 Å². The molecule has 3 atom stereocenters. The molecule has 3 unspecified atom stereocenters. The number of amides is 3. The lowest BCUT2D eigenvalue weighted by molar-refractivity contribution is -0.384. The van der Waals surface area contributed by atoms with Crippen LogP contribution >= 0.6 is 23.1 Å². The van der Waals surface area contributed by atoms with E-state index in [1.54, 1.807) is 24.3 Å². The van der Waals surface area contributed by atoms with Crippen molar-refractivity contribution in [3.05, 3.63) is 109 Å². The number of hydrogen-bond donors (Lipinski definition) is 1. The molecule has 3 amide bonds. The molecule has 43 heavy (non-hydrogen) atoms. The number of benzene rings is 3. The van der Waals surface area contributed by atoms with Gasteiger partial charge in [-0.2, -0.15) is 0 Å². The normalized spacial score (nSPS) is 19.1. The summed E-state index contributed by atoms with van der Waals surface area (Å²) >= 11 is 1.95. The number of rotatable bonds is 7. The summed E-state index contributed by atoms with van der Waals surface area (Å²) < 4.78 is 19.8. The van der Waals surface area contributed by atoms with Crippen LogP contribution in [0.5, 0.6) is 5.75 Å². The molecule has 0 spiro atoms. The molecule has 3 aromatic carbocycles. The van der Waals surface area contributed by atoms with E-state index in [2.05, 4.69) is 5.32 Å². The Labute approximate surface area is 251 Å². The zero-order valence-corrected chi connectivity index (χ0v) is 23.9. The van der Waals surface area contributed by atoms with Crippen LogP contribution in [0.2, 0.25) is 0 Å². The van der Waals surface area contributed by atoms with Crippen molar-refractivity contribution in [2.24, 2.45) is 5.92 Å². The van der Waals surface area contributed by atoms with E-state index >= 15 is 0 Å². The van der Waals surface area contributed by atoms with Gasteiger partial charge in [-0.25, -0.2) is 9.29 Å². The number of imide groups is 1. The van der Waals surface area contributed by atoms with E-state index in [0.29, 0.717) is 26.9 Å². The summed E-state index contributed by atoms with van der Waals surface area (Å²) in [6.45, 7) is -0.365. The third-order valence-corrected chi connectivity index (χ3v) is 9.88. The molecule has 0 bridgehead atoms. The highest BCUT2D eigenvalue weighted by Crippen LogP contribution is 2.54. The summed E-state index contributed by atoms with van der Waals surface area (Å²) in [6, 6.07) is 17.3. The van der Waals surface area contributed by atoms with E-state index in [1.165, 1.54) is 60.2 Å². The maximum absolute atomic E-state index is 13.9. The van der Waals surface area contributed by atoms with Crippen molar-refractivity contribution in [2.75, 3.05) is 17.3 Å². The van der Waals surface area contributed by atoms with Crippen LogP contribution in [0.25, 0.3) is 0 Å². The smallest absolute Gasteiger partial charge is 0.308 e. The van der Waals surface area contributed by atoms with Crippen LogP contribution in [-0.4, -0.2) is 39.6 Å². The standard InChI is InChI=1S/C29H21FN4O7S2/c1-41-20-12-2-15(3-13-20)22-23-24(27(37)33(26(23)36)18-8-10-19(11-9-18)34(39)40)42-28-25(22)43-29(38)32(28)14-21(35)31-17-6-4-16(30)5-7-17/h2-13,22-24H,14H2,1H3,(H,31,35). The van der Waals surface area contributed by atoms with Crippen molar-refractivity contribution in [1.29, 1.82) is 0 Å². The second-order valence-corrected chi connectivity index (χ2v) is 11.9. The molecule has 2 aliphatic rings. The predicted molar refractivity (Wildman–Crippen MR) is 157 cm³/mol. The van der Waals surface area contributed by atoms with Gasteiger partial charge < -0.3 is 10.1 Å². The number of non-ortho nitro benzene ring substituents is 1. The molecule has 0 saturated carbocycles. The number of ether oxygens (including phenoxy) is 1. The highest BCUT2D eigenvalue weighted by atomic mass is 32.2. The molecule has 11 nitrogen and oxygen atoms in total. The van der Waals surface area contributed by atoms with Gasteiger partial charge in [-0.05, 0) is 54.1 Å². The van der Waals surface area contributed by atoms with Gasteiger partial charge in [0.05, 0.1) is 28.7 Å². The minimum atomic E-state index is -0.928. The molecular formula is C29H21FN4O7S2. The number of carbonyl (C=O) groups excluding carboxylic acids is 3. The number of halogens is 1. The quantitative estimate of drug-likeness (QED) is 0.182. The minimum absolute atomic E-state index is 0.184. The third-order valence-electron chi connectivity index (χ3n) is 7.27. The number of aromatic nitrogens is 1. The Morgan fingerprint density at radius 1 is 1.00 bits per heavy atom. The molecule has 4 aromatic rings. The number of thiazole rings is 1. The lowest BCUT2D eigenvalue weighted by Gasteiger charge is -2.30. The van der Waals surface area contributed by atoms with Crippen LogP contribution < -0.4 is 19.8 Å². The van der Waals surface area contributed by atoms with Crippen molar-refractivity contribution in [2.45, 2.75) is 22.7 Å². The molecule has 1 saturated heterocycles. The molecular weight excluding hydrogens is 599 g/mol. The zero-order chi connectivity index (χ0) is 30.4. The number of nitrogens with zero attached hydrogens (tertiary/aromatic N) is 3. The number of methoxy groups -OCH3 is 1. The summed E-state index contributed by atoms with van der Waals surface area (Å²) in [7, 11) is 1.52. The number of thioether (sulfide) groups is 1. The summed E-state index contributed by atoms with van der Waals surface area (Å²) in [5.74, 6) is -3.01. The molecule has 218 valence electrons. The highest BCUT2D eigenvalue weighted by Gasteiger charge is 2.56. The van der Waals surface area contributed by atoms with Gasteiger partial charge in [-0.15, -0.1) is 0 Å². The lowest BCUT2D eigenvalue weighted by Crippen LogP contribution is -2.33. The average Bonchev–Trinajstić information content (AvgIpc) is 3.44. The van der Waals surface area contributed by atoms with Gasteiger partial charge in [-0.3, -0.25) is 33.9 Å². The summed E-state index contributed by atoms with van der Waals surface area (Å²) in [5, 5.41) is 13.2. The van der Waals surface area contributed by atoms with Gasteiger partial charge in [0, 0.05) is 28.6 Å². The second-order valence-electron chi connectivity index (χ2n) is 9.78. The Balaban J connectivity index is 1.39. The first-order chi connectivity index (χ1) is 20.7. The molecule has 2 aliphatic heterocycles. The number of nitro benzene ring substituents is 1. The van der Waals surface area contributed by atoms with E-state index in [0.717, 1.165) is 28.0 Å². The number of hydrogen-bond acceptors (Lipinski definition) is 9. The van der Waals surface area contributed by atoms with E-state index in [4.69, 9.17) is 4.74 Å². The largest absolute Gasteiger partial charge is 0.497 e. The first-order valence-corrected chi connectivity index (χ1v) is 14.6. The summed E-state index contributed by atoms with van der Waals surface area (Å²) in [4.78, 5) is 65.6. The van der Waals surface area contributed by atoms with E-state index in [9.17, 15) is 33.7 Å². The number of nitro groups is 1. The van der Waals surface area contributed by atoms with Crippen LogP contribution in [0.15, 0.2) is 82.6 Å². The van der Waals surface area contributed by atoms with Crippen LogP contribution in [0.4, 0.5) is 21.5 Å². The first kappa shape index (κ1) is 28.3. The predicted octanol–water partition coefficient (Wildman–Crippen LogP) is 4.40. The Bertz CT molecular complexity index is 1820.